The average Bonchev–Trinajstić information content (AvgIpc) is 2.16. The summed E-state index contributed by atoms with van der Waals surface area (Å²) in [6.07, 6.45) is 2.01. The zero-order valence-electron chi connectivity index (χ0n) is 7.61. The van der Waals surface area contributed by atoms with Crippen molar-refractivity contribution in [3.63, 3.8) is 0 Å². The van der Waals surface area contributed by atoms with Crippen molar-refractivity contribution in [1.29, 1.82) is 0 Å². The fourth-order valence-corrected chi connectivity index (χ4v) is 3.14. The molecule has 0 N–H and O–H groups in total. The van der Waals surface area contributed by atoms with Gasteiger partial charge in [0.25, 0.3) is 0 Å². The standard InChI is InChI=1S/C10H11ClO2S/c11-14(12,13)10-6-5-8-3-1-2-4-9(8)7-10/h1-4,10H,5-7H2/t10-/m0/s1. The van der Waals surface area contributed by atoms with Gasteiger partial charge in [0.15, 0.2) is 0 Å². The average molecular weight is 231 g/mol. The molecule has 0 unspecified atom stereocenters. The highest BCUT2D eigenvalue weighted by atomic mass is 35.7. The number of halogens is 1. The SMILES string of the molecule is O=S(=O)(Cl)[C@H]1CCc2ccccc2C1. The molecule has 0 spiro atoms. The maximum atomic E-state index is 11.2. The van der Waals surface area contributed by atoms with E-state index in [-0.39, 0.29) is 0 Å². The Hall–Kier alpha value is -0.540. The van der Waals surface area contributed by atoms with E-state index in [0.717, 1.165) is 12.0 Å². The van der Waals surface area contributed by atoms with Crippen LogP contribution < -0.4 is 0 Å². The highest BCUT2D eigenvalue weighted by molar-refractivity contribution is 8.14. The molecule has 76 valence electrons. The van der Waals surface area contributed by atoms with Crippen molar-refractivity contribution in [2.45, 2.75) is 24.5 Å². The van der Waals surface area contributed by atoms with Gasteiger partial charge in [-0.15, -0.1) is 0 Å². The Morgan fingerprint density at radius 1 is 1.21 bits per heavy atom. The molecule has 0 fully saturated rings. The molecule has 0 aromatic heterocycles. The third-order valence-electron chi connectivity index (χ3n) is 2.70. The van der Waals surface area contributed by atoms with E-state index >= 15 is 0 Å². The number of fused-ring (bicyclic) bond motifs is 1. The maximum Gasteiger partial charge on any atom is 0.235 e. The van der Waals surface area contributed by atoms with Crippen LogP contribution in [0.3, 0.4) is 0 Å². The van der Waals surface area contributed by atoms with Crippen LogP contribution in [0.15, 0.2) is 24.3 Å². The summed E-state index contributed by atoms with van der Waals surface area (Å²) in [5, 5.41) is -0.404. The Morgan fingerprint density at radius 3 is 2.50 bits per heavy atom. The van der Waals surface area contributed by atoms with Gasteiger partial charge >= 0.3 is 0 Å². The molecule has 1 aliphatic carbocycles. The maximum absolute atomic E-state index is 11.2. The number of benzene rings is 1. The largest absolute Gasteiger partial charge is 0.235 e. The van der Waals surface area contributed by atoms with Gasteiger partial charge in [-0.25, -0.2) is 8.42 Å². The number of hydrogen-bond donors (Lipinski definition) is 0. The van der Waals surface area contributed by atoms with Crippen LogP contribution in [0, 0.1) is 0 Å². The number of rotatable bonds is 1. The van der Waals surface area contributed by atoms with E-state index in [1.807, 2.05) is 24.3 Å². The lowest BCUT2D eigenvalue weighted by Crippen LogP contribution is -2.24. The molecule has 0 amide bonds. The van der Waals surface area contributed by atoms with Crippen LogP contribution >= 0.6 is 10.7 Å². The van der Waals surface area contributed by atoms with Gasteiger partial charge in [0.2, 0.25) is 9.05 Å². The molecule has 1 aliphatic rings. The zero-order chi connectivity index (χ0) is 10.2. The molecule has 2 nitrogen and oxygen atoms in total. The van der Waals surface area contributed by atoms with Gasteiger partial charge in [0.1, 0.15) is 0 Å². The summed E-state index contributed by atoms with van der Waals surface area (Å²) < 4.78 is 22.3. The second-order valence-electron chi connectivity index (χ2n) is 3.61. The van der Waals surface area contributed by atoms with Crippen molar-refractivity contribution < 1.29 is 8.42 Å². The van der Waals surface area contributed by atoms with Crippen LogP contribution in [0.2, 0.25) is 0 Å². The topological polar surface area (TPSA) is 34.1 Å². The van der Waals surface area contributed by atoms with Gasteiger partial charge in [0.05, 0.1) is 5.25 Å². The van der Waals surface area contributed by atoms with Crippen LogP contribution in [-0.2, 0) is 21.9 Å². The molecular formula is C10H11ClO2S. The highest BCUT2D eigenvalue weighted by Gasteiger charge is 2.27. The van der Waals surface area contributed by atoms with Crippen LogP contribution in [-0.4, -0.2) is 13.7 Å². The zero-order valence-corrected chi connectivity index (χ0v) is 9.18. The Balaban J connectivity index is 2.30. The Bertz CT molecular complexity index is 439. The Morgan fingerprint density at radius 2 is 1.86 bits per heavy atom. The molecule has 1 atom stereocenters. The van der Waals surface area contributed by atoms with E-state index in [1.54, 1.807) is 0 Å². The van der Waals surface area contributed by atoms with Crippen molar-refractivity contribution in [3.05, 3.63) is 35.4 Å². The molecule has 4 heteroatoms. The van der Waals surface area contributed by atoms with Gasteiger partial charge in [-0.1, -0.05) is 24.3 Å². The van der Waals surface area contributed by atoms with Gasteiger partial charge in [0, 0.05) is 10.7 Å². The minimum Gasteiger partial charge on any atom is -0.212 e. The first-order valence-corrected chi connectivity index (χ1v) is 6.95. The molecule has 1 aromatic carbocycles. The lowest BCUT2D eigenvalue weighted by atomic mass is 9.92. The quantitative estimate of drug-likeness (QED) is 0.693. The third kappa shape index (κ3) is 1.93. The molecular weight excluding hydrogens is 220 g/mol. The summed E-state index contributed by atoms with van der Waals surface area (Å²) in [4.78, 5) is 0. The molecule has 0 saturated heterocycles. The number of hydrogen-bond acceptors (Lipinski definition) is 2. The first kappa shape index (κ1) is 9.99. The van der Waals surface area contributed by atoms with E-state index < -0.39 is 14.3 Å². The van der Waals surface area contributed by atoms with Crippen LogP contribution in [0.5, 0.6) is 0 Å². The van der Waals surface area contributed by atoms with E-state index in [2.05, 4.69) is 0 Å². The normalized spacial score (nSPS) is 21.6. The summed E-state index contributed by atoms with van der Waals surface area (Å²) in [5.41, 5.74) is 2.37. The molecule has 2 rings (SSSR count). The Kier molecular flexibility index (Phi) is 2.54. The Labute approximate surface area is 88.3 Å². The summed E-state index contributed by atoms with van der Waals surface area (Å²) in [6.45, 7) is 0. The second kappa shape index (κ2) is 3.55. The van der Waals surface area contributed by atoms with Crippen molar-refractivity contribution in [2.75, 3.05) is 0 Å². The van der Waals surface area contributed by atoms with E-state index in [0.29, 0.717) is 12.8 Å². The van der Waals surface area contributed by atoms with Gasteiger partial charge in [-0.3, -0.25) is 0 Å². The lowest BCUT2D eigenvalue weighted by Gasteiger charge is -2.21. The van der Waals surface area contributed by atoms with Gasteiger partial charge < -0.3 is 0 Å². The second-order valence-corrected chi connectivity index (χ2v) is 6.52. The third-order valence-corrected chi connectivity index (χ3v) is 4.65. The molecule has 0 heterocycles. The molecule has 0 radical (unpaired) electrons. The first-order valence-electron chi connectivity index (χ1n) is 4.57. The van der Waals surface area contributed by atoms with E-state index in [4.69, 9.17) is 10.7 Å². The summed E-state index contributed by atoms with van der Waals surface area (Å²) in [5.74, 6) is 0. The van der Waals surface area contributed by atoms with Gasteiger partial charge in [-0.2, -0.15) is 0 Å². The van der Waals surface area contributed by atoms with Crippen molar-refractivity contribution in [2.24, 2.45) is 0 Å². The molecule has 1 aromatic rings. The minimum absolute atomic E-state index is 0.404. The van der Waals surface area contributed by atoms with Crippen LogP contribution in [0.1, 0.15) is 17.5 Å². The number of aryl methyl sites for hydroxylation is 1. The predicted octanol–water partition coefficient (Wildman–Crippen LogP) is 2.11. The van der Waals surface area contributed by atoms with Crippen molar-refractivity contribution >= 4 is 19.7 Å². The summed E-state index contributed by atoms with van der Waals surface area (Å²) >= 11 is 0. The fourth-order valence-electron chi connectivity index (χ4n) is 1.90. The molecule has 0 bridgehead atoms. The van der Waals surface area contributed by atoms with Crippen LogP contribution in [0.25, 0.3) is 0 Å². The smallest absolute Gasteiger partial charge is 0.212 e. The molecule has 14 heavy (non-hydrogen) atoms. The summed E-state index contributed by atoms with van der Waals surface area (Å²) in [7, 11) is 1.95. The fraction of sp³-hybridized carbons (Fsp3) is 0.400. The van der Waals surface area contributed by atoms with E-state index in [1.165, 1.54) is 5.56 Å². The van der Waals surface area contributed by atoms with Crippen molar-refractivity contribution in [3.8, 4) is 0 Å². The minimum atomic E-state index is -3.40. The van der Waals surface area contributed by atoms with Crippen LogP contribution in [0.4, 0.5) is 0 Å². The highest BCUT2D eigenvalue weighted by Crippen LogP contribution is 2.26. The lowest BCUT2D eigenvalue weighted by molar-refractivity contribution is 0.575. The van der Waals surface area contributed by atoms with E-state index in [9.17, 15) is 8.42 Å². The monoisotopic (exact) mass is 230 g/mol. The predicted molar refractivity (Wildman–Crippen MR) is 57.0 cm³/mol. The van der Waals surface area contributed by atoms with Gasteiger partial charge in [-0.05, 0) is 30.4 Å². The summed E-state index contributed by atoms with van der Waals surface area (Å²) in [6, 6.07) is 7.94. The molecule has 0 saturated carbocycles. The van der Waals surface area contributed by atoms with Crippen molar-refractivity contribution in [1.82, 2.24) is 0 Å². The first-order chi connectivity index (χ1) is 6.57. The molecule has 0 aliphatic heterocycles.